The fourth-order valence-corrected chi connectivity index (χ4v) is 2.65. The summed E-state index contributed by atoms with van der Waals surface area (Å²) >= 11 is 0. The maximum Gasteiger partial charge on any atom is 0.126 e. The van der Waals surface area contributed by atoms with Crippen LogP contribution in [0.2, 0.25) is 0 Å². The molecule has 2 rings (SSSR count). The molecule has 0 fully saturated rings. The second-order valence-electron chi connectivity index (χ2n) is 5.17. The first kappa shape index (κ1) is 13.9. The van der Waals surface area contributed by atoms with Crippen molar-refractivity contribution in [3.05, 3.63) is 29.3 Å². The van der Waals surface area contributed by atoms with E-state index in [-0.39, 0.29) is 6.04 Å². The Morgan fingerprint density at radius 3 is 3.11 bits per heavy atom. The largest absolute Gasteiger partial charge is 0.493 e. The van der Waals surface area contributed by atoms with Crippen molar-refractivity contribution in [2.75, 3.05) is 6.61 Å². The zero-order chi connectivity index (χ0) is 13.7. The lowest BCUT2D eigenvalue weighted by molar-refractivity contribution is 0.312. The van der Waals surface area contributed by atoms with Gasteiger partial charge >= 0.3 is 0 Å². The second-order valence-corrected chi connectivity index (χ2v) is 5.17. The summed E-state index contributed by atoms with van der Waals surface area (Å²) in [7, 11) is 0. The summed E-state index contributed by atoms with van der Waals surface area (Å²) in [5.41, 5.74) is 2.44. The molecule has 3 heteroatoms. The van der Waals surface area contributed by atoms with Crippen LogP contribution in [0.4, 0.5) is 0 Å². The summed E-state index contributed by atoms with van der Waals surface area (Å²) in [4.78, 5) is 0. The van der Waals surface area contributed by atoms with Gasteiger partial charge in [-0.1, -0.05) is 25.1 Å². The SMILES string of the molecule is CCC(CC#N)NC1CCCOc2c(C)cccc21. The number of ether oxygens (including phenoxy) is 1. The number of aryl methyl sites for hydroxylation is 1. The molecule has 1 N–H and O–H groups in total. The molecule has 102 valence electrons. The Bertz CT molecular complexity index is 464. The van der Waals surface area contributed by atoms with Gasteiger partial charge < -0.3 is 10.1 Å². The number of para-hydroxylation sites is 1. The van der Waals surface area contributed by atoms with Gasteiger partial charge in [0.25, 0.3) is 0 Å². The van der Waals surface area contributed by atoms with Crippen molar-refractivity contribution in [2.24, 2.45) is 0 Å². The first-order valence-corrected chi connectivity index (χ1v) is 7.11. The van der Waals surface area contributed by atoms with Crippen LogP contribution in [0.15, 0.2) is 18.2 Å². The lowest BCUT2D eigenvalue weighted by Gasteiger charge is -2.24. The maximum absolute atomic E-state index is 8.88. The average Bonchev–Trinajstić information content (AvgIpc) is 2.62. The van der Waals surface area contributed by atoms with E-state index in [0.29, 0.717) is 12.5 Å². The van der Waals surface area contributed by atoms with Gasteiger partial charge in [-0.2, -0.15) is 5.26 Å². The van der Waals surface area contributed by atoms with Crippen molar-refractivity contribution in [1.82, 2.24) is 5.32 Å². The van der Waals surface area contributed by atoms with Crippen LogP contribution in [0.5, 0.6) is 5.75 Å². The van der Waals surface area contributed by atoms with Gasteiger partial charge in [0.05, 0.1) is 19.1 Å². The molecule has 0 aliphatic carbocycles. The van der Waals surface area contributed by atoms with E-state index >= 15 is 0 Å². The molecule has 3 nitrogen and oxygen atoms in total. The molecular weight excluding hydrogens is 236 g/mol. The summed E-state index contributed by atoms with van der Waals surface area (Å²) in [5.74, 6) is 1.03. The highest BCUT2D eigenvalue weighted by atomic mass is 16.5. The lowest BCUT2D eigenvalue weighted by Crippen LogP contribution is -2.32. The van der Waals surface area contributed by atoms with E-state index in [1.165, 1.54) is 11.1 Å². The van der Waals surface area contributed by atoms with Crippen LogP contribution >= 0.6 is 0 Å². The number of hydrogen-bond donors (Lipinski definition) is 1. The highest BCUT2D eigenvalue weighted by Gasteiger charge is 2.22. The van der Waals surface area contributed by atoms with Crippen LogP contribution in [0.3, 0.4) is 0 Å². The van der Waals surface area contributed by atoms with E-state index in [0.717, 1.165) is 31.6 Å². The molecule has 0 aromatic heterocycles. The van der Waals surface area contributed by atoms with Crippen molar-refractivity contribution >= 4 is 0 Å². The third-order valence-corrected chi connectivity index (χ3v) is 3.77. The third-order valence-electron chi connectivity index (χ3n) is 3.77. The van der Waals surface area contributed by atoms with E-state index in [1.807, 2.05) is 0 Å². The second kappa shape index (κ2) is 6.58. The minimum absolute atomic E-state index is 0.265. The predicted molar refractivity (Wildman–Crippen MR) is 76.1 cm³/mol. The predicted octanol–water partition coefficient (Wildman–Crippen LogP) is 3.49. The number of fused-ring (bicyclic) bond motifs is 1. The molecule has 1 aliphatic heterocycles. The van der Waals surface area contributed by atoms with Gasteiger partial charge in [-0.05, 0) is 31.7 Å². The van der Waals surface area contributed by atoms with Crippen molar-refractivity contribution in [1.29, 1.82) is 5.26 Å². The molecule has 0 saturated heterocycles. The van der Waals surface area contributed by atoms with Gasteiger partial charge in [-0.25, -0.2) is 0 Å². The molecule has 0 spiro atoms. The zero-order valence-corrected chi connectivity index (χ0v) is 11.8. The van der Waals surface area contributed by atoms with Crippen LogP contribution in [0, 0.1) is 18.3 Å². The quantitative estimate of drug-likeness (QED) is 0.899. The van der Waals surface area contributed by atoms with E-state index in [1.54, 1.807) is 0 Å². The Labute approximate surface area is 115 Å². The van der Waals surface area contributed by atoms with Gasteiger partial charge in [-0.3, -0.25) is 0 Å². The number of nitrogens with one attached hydrogen (secondary N) is 1. The van der Waals surface area contributed by atoms with Gasteiger partial charge in [0.1, 0.15) is 5.75 Å². The van der Waals surface area contributed by atoms with Crippen molar-refractivity contribution in [3.63, 3.8) is 0 Å². The number of nitriles is 1. The minimum Gasteiger partial charge on any atom is -0.493 e. The number of hydrogen-bond acceptors (Lipinski definition) is 3. The lowest BCUT2D eigenvalue weighted by atomic mass is 9.98. The number of rotatable bonds is 4. The standard InChI is InChI=1S/C16H22N2O/c1-3-13(9-10-17)18-15-8-5-11-19-16-12(2)6-4-7-14(15)16/h4,6-7,13,15,18H,3,5,8-9,11H2,1-2H3. The van der Waals surface area contributed by atoms with Crippen LogP contribution in [-0.4, -0.2) is 12.6 Å². The molecule has 19 heavy (non-hydrogen) atoms. The minimum atomic E-state index is 0.265. The van der Waals surface area contributed by atoms with E-state index < -0.39 is 0 Å². The summed E-state index contributed by atoms with van der Waals surface area (Å²) in [5, 5.41) is 12.5. The van der Waals surface area contributed by atoms with Crippen molar-refractivity contribution in [3.8, 4) is 11.8 Å². The van der Waals surface area contributed by atoms with Crippen LogP contribution in [-0.2, 0) is 0 Å². The van der Waals surface area contributed by atoms with Gasteiger partial charge in [0.15, 0.2) is 0 Å². The summed E-state index contributed by atoms with van der Waals surface area (Å²) < 4.78 is 5.88. The molecule has 1 heterocycles. The Morgan fingerprint density at radius 1 is 1.53 bits per heavy atom. The van der Waals surface area contributed by atoms with Gasteiger partial charge in [0, 0.05) is 17.6 Å². The molecule has 1 aliphatic rings. The number of benzene rings is 1. The van der Waals surface area contributed by atoms with Crippen molar-refractivity contribution in [2.45, 2.75) is 51.6 Å². The summed E-state index contributed by atoms with van der Waals surface area (Å²) in [6.07, 6.45) is 3.66. The fourth-order valence-electron chi connectivity index (χ4n) is 2.65. The molecule has 1 aromatic rings. The highest BCUT2D eigenvalue weighted by molar-refractivity contribution is 5.43. The van der Waals surface area contributed by atoms with Crippen molar-refractivity contribution < 1.29 is 4.74 Å². The topological polar surface area (TPSA) is 45.0 Å². The number of nitrogens with zero attached hydrogens (tertiary/aromatic N) is 1. The van der Waals surface area contributed by atoms with Gasteiger partial charge in [0.2, 0.25) is 0 Å². The first-order valence-electron chi connectivity index (χ1n) is 7.11. The third kappa shape index (κ3) is 3.27. The van der Waals surface area contributed by atoms with E-state index in [2.05, 4.69) is 43.4 Å². The molecule has 0 saturated carbocycles. The van der Waals surface area contributed by atoms with E-state index in [9.17, 15) is 0 Å². The van der Waals surface area contributed by atoms with Crippen LogP contribution in [0.1, 0.15) is 49.8 Å². The highest BCUT2D eigenvalue weighted by Crippen LogP contribution is 2.34. The summed E-state index contributed by atoms with van der Waals surface area (Å²) in [6.45, 7) is 5.00. The molecule has 0 bridgehead atoms. The molecule has 0 amide bonds. The normalized spacial score (nSPS) is 19.7. The first-order chi connectivity index (χ1) is 9.26. The summed E-state index contributed by atoms with van der Waals surface area (Å²) in [6, 6.07) is 9.15. The van der Waals surface area contributed by atoms with E-state index in [4.69, 9.17) is 10.00 Å². The average molecular weight is 258 g/mol. The van der Waals surface area contributed by atoms with Crippen LogP contribution in [0.25, 0.3) is 0 Å². The molecule has 0 radical (unpaired) electrons. The monoisotopic (exact) mass is 258 g/mol. The van der Waals surface area contributed by atoms with Gasteiger partial charge in [-0.15, -0.1) is 0 Å². The molecule has 1 aromatic carbocycles. The molecule has 2 atom stereocenters. The Morgan fingerprint density at radius 2 is 2.37 bits per heavy atom. The fraction of sp³-hybridized carbons (Fsp3) is 0.562. The molecular formula is C16H22N2O. The molecule has 2 unspecified atom stereocenters. The Hall–Kier alpha value is -1.53. The Kier molecular flexibility index (Phi) is 4.81. The zero-order valence-electron chi connectivity index (χ0n) is 11.8. The Balaban J connectivity index is 2.22. The maximum atomic E-state index is 8.88. The smallest absolute Gasteiger partial charge is 0.126 e. The van der Waals surface area contributed by atoms with Crippen LogP contribution < -0.4 is 10.1 Å².